The third-order valence-corrected chi connectivity index (χ3v) is 17.2. The molecule has 672 valence electrons. The first-order valence-corrected chi connectivity index (χ1v) is 37.2. The number of hydrogen-bond donors (Lipinski definition) is 12. The van der Waals surface area contributed by atoms with E-state index in [1.807, 2.05) is 19.0 Å². The number of nitrogens with one attached hydrogen (secondary N) is 12. The lowest BCUT2D eigenvalue weighted by Gasteiger charge is -2.09. The van der Waals surface area contributed by atoms with Gasteiger partial charge in [-0.25, -0.2) is 28.8 Å². The zero-order valence-corrected chi connectivity index (χ0v) is 66.9. The van der Waals surface area contributed by atoms with Crippen LogP contribution in [0.25, 0.3) is 65.4 Å². The SMILES string of the molecule is [2H]c1[nH]c2ccc(C([2H])([2H])[C@@H]3NC(=O)OC3([2H])[2H])cc2c1CCN(C([2H])([2H])[2H])C([2H])([2H])[2H].[2H]c1[nH]c2ccc(C([2H])([2H])[C@@H]3NC(=O)OC3([2H])[2H])cc2c1CCN(C)C.[2H]c1[nH]c2ccc(C([2H])([2H])[C@@H]3NC(=O)OC3([2H])[2H])cc2c1CCN(C)C([2H])([2H])[2H].[2H]c1c(C([2H])([2H])[C@@H]2N([2H])C(=O)OC2([2H])[2H])c([2H])c2c(C([2H])([2H])C([2H])([2H])N(C([2H])([2H])[2H])C([2H])([2H])[2H])cn([2H])c2c1[2H].[2H]c1c(C([2H])([2H])[C@@H]2N([2H])C(=O)OC2([2H])[2H])c([2H])c2c(C([2H])([2H])C([2H])([2H])N(C)C([2H])([2H])[2H])cn([2H])c2c1[2H].[2H]c1c(C([2H])([2H])[C@@H]2N([2H])C(=O)OC2([2H])[2H])c([2H])c2c(C([2H])([2H])C([2H])([2H])N(C)C)cn([2H])c2c1[2H]. The number of rotatable bonds is 30. The number of carbonyl (C=O) groups is 6. The molecule has 0 aliphatic carbocycles. The van der Waals surface area contributed by atoms with Gasteiger partial charge in [0.15, 0.2) is 8.47 Å². The summed E-state index contributed by atoms with van der Waals surface area (Å²) in [4.78, 5) is 83.3. The van der Waals surface area contributed by atoms with Gasteiger partial charge in [0.05, 0.1) is 69.1 Å². The normalized spacial score (nSPS) is 31.2. The van der Waals surface area contributed by atoms with Crippen molar-refractivity contribution in [3.05, 3.63) is 213 Å². The third-order valence-electron chi connectivity index (χ3n) is 17.2. The summed E-state index contributed by atoms with van der Waals surface area (Å²) in [7, 11) is 8.66. The van der Waals surface area contributed by atoms with Crippen LogP contribution in [-0.2, 0) is 105 Å². The molecule has 0 bridgehead atoms. The molecule has 12 aromatic rings. The summed E-state index contributed by atoms with van der Waals surface area (Å²) in [6.45, 7) is -44.9. The Kier molecular flexibility index (Phi) is 12.9. The standard InChI is InChI=1S/6C16H21N3O2/c6*1-19(2)6-5-12-9-17-15-4-3-11(8-14(12)15)7-13-10-21-16(20)18-13/h6*3-4,8-9,13,17H,5-7,10H2,1-2H3,(H,18,20)/t6*13-/m000000/s1/i1D3,2D3,3D,4D,5D2,6D2,7D2,8D,10D2;1D3,3D,4D,5D2,6D2,7D2,8D,10D2;3D,4D,5D2,6D2,7D2,8D,10D2;1D3,2D3,7D2,9D,10D2;1D3,7D2,9D,10D2;7D2,9D,10D2/hD6. The minimum atomic E-state index is -3.92. The van der Waals surface area contributed by atoms with Gasteiger partial charge in [-0.05, 0) is 300 Å². The number of aryl methyl sites for hydroxylation is 3. The topological polar surface area (TPSA) is 344 Å². The number of alkyl carbamates (subject to hydrolysis) is 6. The highest BCUT2D eigenvalue weighted by molar-refractivity contribution is 5.88. The van der Waals surface area contributed by atoms with Crippen LogP contribution in [0.1, 0.15) is 157 Å². The minimum Gasteiger partial charge on any atom is -0.447 e. The Balaban J connectivity index is 0.000000192. The van der Waals surface area contributed by atoms with Crippen LogP contribution in [0.4, 0.5) is 28.8 Å². The van der Waals surface area contributed by atoms with Crippen LogP contribution in [-0.4, -0.2) is 295 Å². The number of carbonyl (C=O) groups excluding carboxylic acids is 6. The van der Waals surface area contributed by atoms with E-state index in [2.05, 4.69) is 59.3 Å². The smallest absolute Gasteiger partial charge is 0.407 e. The van der Waals surface area contributed by atoms with E-state index in [0.29, 0.717) is 61.0 Å². The Morgan fingerprint density at radius 3 is 0.944 bits per heavy atom. The van der Waals surface area contributed by atoms with Crippen LogP contribution in [0.2, 0.25) is 8.47 Å². The second-order valence-electron chi connectivity index (χ2n) is 27.2. The van der Waals surface area contributed by atoms with Crippen molar-refractivity contribution < 1.29 is 156 Å². The molecule has 18 rings (SSSR count). The Labute approximate surface area is 838 Å². The number of ether oxygens (including phenoxy) is 6. The second kappa shape index (κ2) is 43.7. The molecule has 30 nitrogen and oxygen atoms in total. The van der Waals surface area contributed by atoms with Gasteiger partial charge in [0.2, 0.25) is 0 Å². The van der Waals surface area contributed by atoms with E-state index < -0.39 is 363 Å². The third kappa shape index (κ3) is 26.5. The van der Waals surface area contributed by atoms with E-state index in [9.17, 15) is 28.8 Å². The average Bonchev–Trinajstić information content (AvgIpc) is 1.54. The van der Waals surface area contributed by atoms with Gasteiger partial charge in [0.25, 0.3) is 0 Å². The van der Waals surface area contributed by atoms with Gasteiger partial charge < -0.3 is 120 Å². The molecule has 126 heavy (non-hydrogen) atoms. The number of aromatic amines is 6. The highest BCUT2D eigenvalue weighted by Gasteiger charge is 2.29. The van der Waals surface area contributed by atoms with Crippen molar-refractivity contribution in [3.8, 4) is 0 Å². The Bertz CT molecular complexity index is 9270. The predicted molar refractivity (Wildman–Crippen MR) is 495 cm³/mol. The van der Waals surface area contributed by atoms with Gasteiger partial charge in [-0.2, -0.15) is 0 Å². The van der Waals surface area contributed by atoms with Gasteiger partial charge >= 0.3 is 36.6 Å². The molecule has 6 amide bonds. The van der Waals surface area contributed by atoms with Crippen LogP contribution >= 0.6 is 0 Å². The van der Waals surface area contributed by atoms with Crippen LogP contribution in [0.5, 0.6) is 0 Å². The van der Waals surface area contributed by atoms with Crippen molar-refractivity contribution in [2.24, 2.45) is 0 Å². The average molecular weight is 1800 g/mol. The first kappa shape index (κ1) is 37.1. The van der Waals surface area contributed by atoms with Gasteiger partial charge in [-0.1, -0.05) is 36.3 Å². The fourth-order valence-electron chi connectivity index (χ4n) is 11.6. The van der Waals surface area contributed by atoms with Gasteiger partial charge in [0, 0.05) is 199 Å². The number of nitrogens with zero attached hydrogens (tertiary/aromatic N) is 6. The fourth-order valence-corrected chi connectivity index (χ4v) is 11.6. The summed E-state index contributed by atoms with van der Waals surface area (Å²) in [5.74, 6) is 0. The summed E-state index contributed by atoms with van der Waals surface area (Å²) in [6, 6.07) is -7.12. The second-order valence-corrected chi connectivity index (χ2v) is 27.2. The Hall–Kier alpha value is -12.1. The number of aromatic nitrogens is 6. The monoisotopic (exact) mass is 1800 g/mol. The minimum absolute atomic E-state index is 0.00609. The quantitative estimate of drug-likeness (QED) is 0.0186. The predicted octanol–water partition coefficient (Wildman–Crippen LogP) is 11.5. The molecular weight excluding hydrogens is 1600 g/mol. The number of H-pyrrole nitrogens is 6. The Morgan fingerprint density at radius 2 is 0.643 bits per heavy atom. The molecule has 6 fully saturated rings. The number of cyclic esters (lactones) is 6. The molecule has 6 aromatic carbocycles. The largest absolute Gasteiger partial charge is 0.447 e. The molecule has 30 heteroatoms. The highest BCUT2D eigenvalue weighted by atomic mass is 16.6. The van der Waals surface area contributed by atoms with Crippen LogP contribution in [0, 0.1) is 0 Å². The lowest BCUT2D eigenvalue weighted by molar-refractivity contribution is 0.176. The number of benzene rings is 6. The van der Waals surface area contributed by atoms with Crippen LogP contribution < -0.4 is 31.9 Å². The summed E-state index contributed by atoms with van der Waals surface area (Å²) >= 11 is 0. The van der Waals surface area contributed by atoms with Crippen molar-refractivity contribution in [1.29, 1.82) is 0 Å². The first-order valence-electron chi connectivity index (χ1n) is 72.9. The van der Waals surface area contributed by atoms with E-state index in [4.69, 9.17) is 98.9 Å². The number of amides is 6. The maximum absolute atomic E-state index is 11.8. The first-order chi connectivity index (χ1) is 89.0. The number of likely N-dealkylation sites (N-methyl/N-ethyl adjacent to an activating group) is 6. The molecule has 6 saturated heterocycles. The zero-order valence-electron chi connectivity index (χ0n) is 139. The molecule has 0 saturated carbocycles. The number of fused-ring (bicyclic) bond motifs is 6. The van der Waals surface area contributed by atoms with E-state index >= 15 is 0 Å². The van der Waals surface area contributed by atoms with Gasteiger partial charge in [0.1, 0.15) is 39.4 Å². The maximum atomic E-state index is 11.8. The zero-order chi connectivity index (χ0) is 152. The highest BCUT2D eigenvalue weighted by Crippen LogP contribution is 2.29. The van der Waals surface area contributed by atoms with Crippen LogP contribution in [0.15, 0.2) is 146 Å². The van der Waals surface area contributed by atoms with Gasteiger partial charge in [-0.15, -0.1) is 0 Å². The van der Waals surface area contributed by atoms with Crippen molar-refractivity contribution in [3.63, 3.8) is 0 Å². The van der Waals surface area contributed by atoms with E-state index in [-0.39, 0.29) is 86.0 Å². The summed E-state index contributed by atoms with van der Waals surface area (Å²) in [5.41, 5.74) is -3.67. The Morgan fingerprint density at radius 1 is 0.341 bits per heavy atom. The maximum Gasteiger partial charge on any atom is 0.407 e. The molecule has 6 aliphatic heterocycles. The molecule has 0 spiro atoms. The fraction of sp³-hybridized carbons (Fsp3) is 0.438. The molecular formula is C96H126N18O12. The molecule has 0 radical (unpaired) electrons. The van der Waals surface area contributed by atoms with Gasteiger partial charge in [-0.3, -0.25) is 0 Å². The van der Waals surface area contributed by atoms with Crippen molar-refractivity contribution >= 4 is 102 Å². The number of hydrogen-bond acceptors (Lipinski definition) is 18. The van der Waals surface area contributed by atoms with Crippen molar-refractivity contribution in [2.45, 2.75) is 113 Å². The van der Waals surface area contributed by atoms with Crippen LogP contribution in [0.3, 0.4) is 0 Å². The van der Waals surface area contributed by atoms with Crippen molar-refractivity contribution in [2.75, 3.05) is 163 Å². The molecule has 6 atom stereocenters. The van der Waals surface area contributed by atoms with E-state index in [1.165, 1.54) is 62.4 Å². The lowest BCUT2D eigenvalue weighted by atomic mass is 10.0. The van der Waals surface area contributed by atoms with E-state index in [1.54, 1.807) is 18.2 Å². The summed E-state index contributed by atoms with van der Waals surface area (Å²) in [5, 5.41) is 5.58. The van der Waals surface area contributed by atoms with Crippen molar-refractivity contribution in [1.82, 2.24) is 91.2 Å². The molecule has 0 unspecified atom stereocenters. The molecule has 6 aromatic heterocycles. The lowest BCUT2D eigenvalue weighted by Crippen LogP contribution is -2.28. The molecule has 12 heterocycles. The van der Waals surface area contributed by atoms with E-state index in [0.717, 1.165) is 41.2 Å². The summed E-state index contributed by atoms with van der Waals surface area (Å²) in [6.07, 6.45) is -31.2. The summed E-state index contributed by atoms with van der Waals surface area (Å²) < 4.78 is 604. The molecule has 12 N–H and O–H groups in total. The molecule has 6 aliphatic rings.